The Hall–Kier alpha value is -1.30. The fraction of sp³-hybridized carbons (Fsp3) is 0.833. The van der Waals surface area contributed by atoms with E-state index < -0.39 is 11.9 Å². The highest BCUT2D eigenvalue weighted by atomic mass is 16.5. The number of aliphatic carboxylic acids is 1. The molecule has 0 aromatic heterocycles. The Balaban J connectivity index is 2.38. The highest BCUT2D eigenvalue weighted by Crippen LogP contribution is 2.16. The molecule has 0 aromatic rings. The molecule has 1 heterocycles. The number of nitrogens with zero attached hydrogens (tertiary/aromatic N) is 1. The van der Waals surface area contributed by atoms with Crippen molar-refractivity contribution in [2.45, 2.75) is 32.7 Å². The van der Waals surface area contributed by atoms with Crippen LogP contribution in [0.25, 0.3) is 0 Å². The Morgan fingerprint density at radius 1 is 1.56 bits per heavy atom. The number of ether oxygens (including phenoxy) is 1. The summed E-state index contributed by atoms with van der Waals surface area (Å²) in [4.78, 5) is 24.4. The lowest BCUT2D eigenvalue weighted by molar-refractivity contribution is -0.143. The van der Waals surface area contributed by atoms with Crippen LogP contribution in [-0.2, 0) is 9.53 Å². The maximum absolute atomic E-state index is 11.9. The number of rotatable bonds is 5. The lowest BCUT2D eigenvalue weighted by Crippen LogP contribution is -2.50. The van der Waals surface area contributed by atoms with Gasteiger partial charge < -0.3 is 20.1 Å². The van der Waals surface area contributed by atoms with Crippen molar-refractivity contribution >= 4 is 12.0 Å². The molecule has 1 rings (SSSR count). The summed E-state index contributed by atoms with van der Waals surface area (Å²) in [6.45, 7) is 5.77. The largest absolute Gasteiger partial charge is 0.481 e. The third-order valence-electron chi connectivity index (χ3n) is 3.00. The zero-order valence-corrected chi connectivity index (χ0v) is 11.0. The van der Waals surface area contributed by atoms with Gasteiger partial charge in [0.25, 0.3) is 0 Å². The van der Waals surface area contributed by atoms with E-state index in [1.54, 1.807) is 4.90 Å². The van der Waals surface area contributed by atoms with Gasteiger partial charge in [0, 0.05) is 19.7 Å². The molecule has 6 nitrogen and oxygen atoms in total. The molecule has 1 aliphatic heterocycles. The van der Waals surface area contributed by atoms with Crippen LogP contribution in [0.15, 0.2) is 0 Å². The fourth-order valence-electron chi connectivity index (χ4n) is 2.00. The molecule has 2 unspecified atom stereocenters. The zero-order chi connectivity index (χ0) is 13.5. The molecule has 0 saturated carbocycles. The Bertz CT molecular complexity index is 296. The molecule has 0 radical (unpaired) electrons. The second kappa shape index (κ2) is 7.20. The molecular formula is C12H22N2O4. The number of hydrogen-bond acceptors (Lipinski definition) is 3. The molecule has 0 spiro atoms. The molecule has 18 heavy (non-hydrogen) atoms. The molecule has 0 aliphatic carbocycles. The summed E-state index contributed by atoms with van der Waals surface area (Å²) in [6.07, 6.45) is 1.39. The smallest absolute Gasteiger partial charge is 0.317 e. The highest BCUT2D eigenvalue weighted by molar-refractivity contribution is 5.76. The van der Waals surface area contributed by atoms with Gasteiger partial charge >= 0.3 is 12.0 Å². The van der Waals surface area contributed by atoms with Crippen LogP contribution in [0.2, 0.25) is 0 Å². The van der Waals surface area contributed by atoms with Gasteiger partial charge in [-0.15, -0.1) is 0 Å². The topological polar surface area (TPSA) is 78.9 Å². The predicted octanol–water partition coefficient (Wildman–Crippen LogP) is 0.918. The average molecular weight is 258 g/mol. The summed E-state index contributed by atoms with van der Waals surface area (Å²) >= 11 is 0. The van der Waals surface area contributed by atoms with Crippen LogP contribution in [0.3, 0.4) is 0 Å². The third kappa shape index (κ3) is 4.52. The van der Waals surface area contributed by atoms with Crippen LogP contribution in [0, 0.1) is 5.92 Å². The molecule has 104 valence electrons. The molecule has 1 aliphatic rings. The molecule has 2 amide bonds. The van der Waals surface area contributed by atoms with E-state index in [0.29, 0.717) is 32.7 Å². The van der Waals surface area contributed by atoms with Crippen LogP contribution in [-0.4, -0.2) is 54.4 Å². The number of nitrogens with one attached hydrogen (secondary N) is 1. The summed E-state index contributed by atoms with van der Waals surface area (Å²) in [6, 6.07) is -0.268. The normalized spacial score (nSPS) is 21.4. The van der Waals surface area contributed by atoms with E-state index in [9.17, 15) is 9.59 Å². The number of amides is 2. The van der Waals surface area contributed by atoms with Gasteiger partial charge in [-0.2, -0.15) is 0 Å². The summed E-state index contributed by atoms with van der Waals surface area (Å²) in [7, 11) is 0. The van der Waals surface area contributed by atoms with Crippen molar-refractivity contribution in [1.29, 1.82) is 0 Å². The van der Waals surface area contributed by atoms with E-state index in [4.69, 9.17) is 9.84 Å². The van der Waals surface area contributed by atoms with Gasteiger partial charge in [0.1, 0.15) is 0 Å². The molecular weight excluding hydrogens is 236 g/mol. The van der Waals surface area contributed by atoms with Crippen molar-refractivity contribution in [2.75, 3.05) is 26.3 Å². The monoisotopic (exact) mass is 258 g/mol. The minimum atomic E-state index is -0.824. The number of carbonyl (C=O) groups is 2. The maximum atomic E-state index is 11.9. The predicted molar refractivity (Wildman–Crippen MR) is 66.4 cm³/mol. The first-order valence-corrected chi connectivity index (χ1v) is 6.40. The van der Waals surface area contributed by atoms with Gasteiger partial charge in [-0.1, -0.05) is 0 Å². The molecule has 1 saturated heterocycles. The first-order valence-electron chi connectivity index (χ1n) is 6.40. The van der Waals surface area contributed by atoms with Crippen LogP contribution in [0.4, 0.5) is 4.79 Å². The SMILES string of the molecule is CCOCC(C)NC(=O)N1CCCC(C(=O)O)C1. The first kappa shape index (κ1) is 14.8. The number of urea groups is 1. The minimum absolute atomic E-state index is 0.0670. The average Bonchev–Trinajstić information content (AvgIpc) is 2.36. The van der Waals surface area contributed by atoms with Crippen molar-refractivity contribution < 1.29 is 19.4 Å². The highest BCUT2D eigenvalue weighted by Gasteiger charge is 2.28. The van der Waals surface area contributed by atoms with Crippen molar-refractivity contribution in [3.05, 3.63) is 0 Å². The van der Waals surface area contributed by atoms with Gasteiger partial charge in [0.05, 0.1) is 18.6 Å². The number of carboxylic acids is 1. The number of carbonyl (C=O) groups excluding carboxylic acids is 1. The van der Waals surface area contributed by atoms with Crippen LogP contribution in [0.1, 0.15) is 26.7 Å². The summed E-state index contributed by atoms with van der Waals surface area (Å²) in [5, 5.41) is 11.8. The van der Waals surface area contributed by atoms with E-state index in [1.165, 1.54) is 0 Å². The second-order valence-corrected chi connectivity index (χ2v) is 4.63. The van der Waals surface area contributed by atoms with E-state index in [0.717, 1.165) is 6.42 Å². The van der Waals surface area contributed by atoms with Crippen molar-refractivity contribution in [3.8, 4) is 0 Å². The lowest BCUT2D eigenvalue weighted by Gasteiger charge is -2.31. The number of piperidine rings is 1. The van der Waals surface area contributed by atoms with Crippen molar-refractivity contribution in [2.24, 2.45) is 5.92 Å². The van der Waals surface area contributed by atoms with Gasteiger partial charge in [-0.05, 0) is 26.7 Å². The third-order valence-corrected chi connectivity index (χ3v) is 3.00. The summed E-state index contributed by atoms with van der Waals surface area (Å²) in [5.41, 5.74) is 0. The second-order valence-electron chi connectivity index (χ2n) is 4.63. The Labute approximate surface area is 107 Å². The Morgan fingerprint density at radius 3 is 2.89 bits per heavy atom. The number of hydrogen-bond donors (Lipinski definition) is 2. The first-order chi connectivity index (χ1) is 8.54. The summed E-state index contributed by atoms with van der Waals surface area (Å²) in [5.74, 6) is -1.26. The van der Waals surface area contributed by atoms with Crippen LogP contribution in [0.5, 0.6) is 0 Å². The Kier molecular flexibility index (Phi) is 5.91. The Morgan fingerprint density at radius 2 is 2.28 bits per heavy atom. The van der Waals surface area contributed by atoms with Gasteiger partial charge in [-0.3, -0.25) is 4.79 Å². The maximum Gasteiger partial charge on any atom is 0.317 e. The van der Waals surface area contributed by atoms with Crippen LogP contribution < -0.4 is 5.32 Å². The standard InChI is InChI=1S/C12H22N2O4/c1-3-18-8-9(2)13-12(17)14-6-4-5-10(7-14)11(15)16/h9-10H,3-8H2,1-2H3,(H,13,17)(H,15,16). The molecule has 6 heteroatoms. The van der Waals surface area contributed by atoms with Gasteiger partial charge in [0.15, 0.2) is 0 Å². The molecule has 2 N–H and O–H groups in total. The quantitative estimate of drug-likeness (QED) is 0.768. The van der Waals surface area contributed by atoms with Gasteiger partial charge in [-0.25, -0.2) is 4.79 Å². The summed E-state index contributed by atoms with van der Waals surface area (Å²) < 4.78 is 5.22. The van der Waals surface area contributed by atoms with E-state index in [1.807, 2.05) is 13.8 Å². The van der Waals surface area contributed by atoms with Crippen LogP contribution >= 0.6 is 0 Å². The minimum Gasteiger partial charge on any atom is -0.481 e. The lowest BCUT2D eigenvalue weighted by atomic mass is 9.99. The molecule has 0 aromatic carbocycles. The number of likely N-dealkylation sites (tertiary alicyclic amines) is 1. The fourth-order valence-corrected chi connectivity index (χ4v) is 2.00. The van der Waals surface area contributed by atoms with Crippen molar-refractivity contribution in [1.82, 2.24) is 10.2 Å². The zero-order valence-electron chi connectivity index (χ0n) is 11.0. The molecule has 0 bridgehead atoms. The van der Waals surface area contributed by atoms with E-state index in [2.05, 4.69) is 5.32 Å². The van der Waals surface area contributed by atoms with E-state index in [-0.39, 0.29) is 12.1 Å². The van der Waals surface area contributed by atoms with E-state index >= 15 is 0 Å². The molecule has 2 atom stereocenters. The molecule has 1 fully saturated rings. The number of carboxylic acid groups (broad SMARTS) is 1. The van der Waals surface area contributed by atoms with Crippen molar-refractivity contribution in [3.63, 3.8) is 0 Å². The van der Waals surface area contributed by atoms with Gasteiger partial charge in [0.2, 0.25) is 0 Å².